The Morgan fingerprint density at radius 2 is 2.25 bits per heavy atom. The van der Waals surface area contributed by atoms with Gasteiger partial charge in [-0.25, -0.2) is 9.18 Å². The number of aliphatic hydroxyl groups excluding tert-OH is 1. The van der Waals surface area contributed by atoms with Gasteiger partial charge in [-0.15, -0.1) is 0 Å². The first kappa shape index (κ1) is 12.4. The lowest BCUT2D eigenvalue weighted by Gasteiger charge is -2.12. The monoisotopic (exact) mass is 226 g/mol. The Bertz CT molecular complexity index is 382. The number of carbonyl (C=O) groups is 1. The molecule has 0 heterocycles. The molecule has 1 aromatic rings. The van der Waals surface area contributed by atoms with E-state index in [1.165, 1.54) is 12.1 Å². The van der Waals surface area contributed by atoms with Crippen molar-refractivity contribution in [2.45, 2.75) is 19.9 Å². The molecule has 0 aliphatic carbocycles. The van der Waals surface area contributed by atoms with E-state index < -0.39 is 6.03 Å². The molecule has 4 nitrogen and oxygen atoms in total. The first-order valence-electron chi connectivity index (χ1n) is 4.97. The van der Waals surface area contributed by atoms with Crippen molar-refractivity contribution in [3.05, 3.63) is 29.6 Å². The normalized spacial score (nSPS) is 12.0. The zero-order chi connectivity index (χ0) is 12.1. The van der Waals surface area contributed by atoms with Gasteiger partial charge in [0, 0.05) is 5.69 Å². The number of hydrogen-bond donors (Lipinski definition) is 3. The van der Waals surface area contributed by atoms with E-state index in [1.807, 2.05) is 0 Å². The molecule has 0 saturated heterocycles. The molecule has 1 unspecified atom stereocenters. The average molecular weight is 226 g/mol. The highest BCUT2D eigenvalue weighted by Gasteiger charge is 2.06. The first-order chi connectivity index (χ1) is 7.52. The summed E-state index contributed by atoms with van der Waals surface area (Å²) in [7, 11) is 0. The topological polar surface area (TPSA) is 61.4 Å². The Hall–Kier alpha value is -1.62. The van der Waals surface area contributed by atoms with Crippen molar-refractivity contribution in [3.63, 3.8) is 0 Å². The Balaban J connectivity index is 2.59. The molecule has 0 saturated carbocycles. The molecule has 0 fully saturated rings. The molecule has 0 radical (unpaired) electrons. The minimum Gasteiger partial charge on any atom is -0.394 e. The molecule has 0 aliphatic rings. The summed E-state index contributed by atoms with van der Waals surface area (Å²) < 4.78 is 12.9. The van der Waals surface area contributed by atoms with Gasteiger partial charge in [0.1, 0.15) is 5.82 Å². The molecule has 88 valence electrons. The van der Waals surface area contributed by atoms with Gasteiger partial charge in [0.05, 0.1) is 12.6 Å². The number of rotatable bonds is 3. The molecule has 5 heteroatoms. The lowest BCUT2D eigenvalue weighted by molar-refractivity contribution is 0.229. The first-order valence-corrected chi connectivity index (χ1v) is 4.97. The molecule has 1 aromatic carbocycles. The molecular formula is C11H15FN2O2. The number of halogens is 1. The SMILES string of the molecule is Cc1cc(NC(=O)NC(C)CO)ccc1F. The van der Waals surface area contributed by atoms with Crippen LogP contribution in [-0.2, 0) is 0 Å². The number of anilines is 1. The maximum Gasteiger partial charge on any atom is 0.319 e. The minimum atomic E-state index is -0.424. The van der Waals surface area contributed by atoms with E-state index in [1.54, 1.807) is 19.9 Å². The Morgan fingerprint density at radius 3 is 2.81 bits per heavy atom. The van der Waals surface area contributed by atoms with Crippen LogP contribution in [0.25, 0.3) is 0 Å². The largest absolute Gasteiger partial charge is 0.394 e. The fourth-order valence-corrected chi connectivity index (χ4v) is 1.16. The summed E-state index contributed by atoms with van der Waals surface area (Å²) in [5.74, 6) is -0.310. The highest BCUT2D eigenvalue weighted by atomic mass is 19.1. The van der Waals surface area contributed by atoms with Gasteiger partial charge in [-0.3, -0.25) is 0 Å². The van der Waals surface area contributed by atoms with Gasteiger partial charge in [-0.2, -0.15) is 0 Å². The van der Waals surface area contributed by atoms with Crippen LogP contribution in [0.15, 0.2) is 18.2 Å². The number of urea groups is 1. The molecular weight excluding hydrogens is 211 g/mol. The van der Waals surface area contributed by atoms with E-state index in [-0.39, 0.29) is 18.5 Å². The number of aliphatic hydroxyl groups is 1. The van der Waals surface area contributed by atoms with Crippen LogP contribution in [0.2, 0.25) is 0 Å². The summed E-state index contributed by atoms with van der Waals surface area (Å²) in [4.78, 5) is 11.4. The Kier molecular flexibility index (Phi) is 4.25. The van der Waals surface area contributed by atoms with Gasteiger partial charge in [0.15, 0.2) is 0 Å². The summed E-state index contributed by atoms with van der Waals surface area (Å²) >= 11 is 0. The van der Waals surface area contributed by atoms with Gasteiger partial charge < -0.3 is 15.7 Å². The summed E-state index contributed by atoms with van der Waals surface area (Å²) in [6, 6.07) is 3.57. The lowest BCUT2D eigenvalue weighted by Crippen LogP contribution is -2.38. The van der Waals surface area contributed by atoms with Crippen molar-refractivity contribution in [2.75, 3.05) is 11.9 Å². The summed E-state index contributed by atoms with van der Waals surface area (Å²) in [5.41, 5.74) is 0.981. The van der Waals surface area contributed by atoms with Crippen LogP contribution in [0.5, 0.6) is 0 Å². The predicted molar refractivity (Wildman–Crippen MR) is 59.8 cm³/mol. The molecule has 1 rings (SSSR count). The van der Waals surface area contributed by atoms with Crippen LogP contribution >= 0.6 is 0 Å². The Morgan fingerprint density at radius 1 is 1.56 bits per heavy atom. The van der Waals surface area contributed by atoms with Crippen LogP contribution in [-0.4, -0.2) is 23.8 Å². The van der Waals surface area contributed by atoms with Crippen LogP contribution in [0.1, 0.15) is 12.5 Å². The van der Waals surface area contributed by atoms with Crippen molar-refractivity contribution in [1.29, 1.82) is 0 Å². The molecule has 1 atom stereocenters. The zero-order valence-electron chi connectivity index (χ0n) is 9.25. The predicted octanol–water partition coefficient (Wildman–Crippen LogP) is 1.64. The van der Waals surface area contributed by atoms with Gasteiger partial charge >= 0.3 is 6.03 Å². The fourth-order valence-electron chi connectivity index (χ4n) is 1.16. The van der Waals surface area contributed by atoms with Crippen molar-refractivity contribution in [2.24, 2.45) is 0 Å². The smallest absolute Gasteiger partial charge is 0.319 e. The molecule has 0 bridgehead atoms. The van der Waals surface area contributed by atoms with Crippen LogP contribution < -0.4 is 10.6 Å². The van der Waals surface area contributed by atoms with E-state index >= 15 is 0 Å². The van der Waals surface area contributed by atoms with E-state index in [0.717, 1.165) is 0 Å². The Labute approximate surface area is 93.5 Å². The number of hydrogen-bond acceptors (Lipinski definition) is 2. The number of nitrogens with one attached hydrogen (secondary N) is 2. The van der Waals surface area contributed by atoms with E-state index in [2.05, 4.69) is 10.6 Å². The van der Waals surface area contributed by atoms with Gasteiger partial charge in [0.2, 0.25) is 0 Å². The highest BCUT2D eigenvalue weighted by molar-refractivity contribution is 5.89. The average Bonchev–Trinajstić information content (AvgIpc) is 2.23. The van der Waals surface area contributed by atoms with Crippen LogP contribution in [0.4, 0.5) is 14.9 Å². The molecule has 0 aliphatic heterocycles. The minimum absolute atomic E-state index is 0.129. The molecule has 0 spiro atoms. The van der Waals surface area contributed by atoms with E-state index in [4.69, 9.17) is 5.11 Å². The second-order valence-electron chi connectivity index (χ2n) is 3.65. The number of carbonyl (C=O) groups excluding carboxylic acids is 1. The van der Waals surface area contributed by atoms with Crippen molar-refractivity contribution in [1.82, 2.24) is 5.32 Å². The maximum absolute atomic E-state index is 12.9. The third-order valence-electron chi connectivity index (χ3n) is 2.07. The molecule has 2 amide bonds. The maximum atomic E-state index is 12.9. The van der Waals surface area contributed by atoms with Gasteiger partial charge in [-0.1, -0.05) is 0 Å². The number of aryl methyl sites for hydroxylation is 1. The van der Waals surface area contributed by atoms with Crippen molar-refractivity contribution in [3.8, 4) is 0 Å². The lowest BCUT2D eigenvalue weighted by atomic mass is 10.2. The third-order valence-corrected chi connectivity index (χ3v) is 2.07. The van der Waals surface area contributed by atoms with Crippen LogP contribution in [0.3, 0.4) is 0 Å². The number of benzene rings is 1. The third kappa shape index (κ3) is 3.51. The quantitative estimate of drug-likeness (QED) is 0.733. The number of amides is 2. The van der Waals surface area contributed by atoms with Gasteiger partial charge in [0.25, 0.3) is 0 Å². The summed E-state index contributed by atoms with van der Waals surface area (Å²) in [6.45, 7) is 3.17. The highest BCUT2D eigenvalue weighted by Crippen LogP contribution is 2.13. The fraction of sp³-hybridized carbons (Fsp3) is 0.364. The summed E-state index contributed by atoms with van der Waals surface area (Å²) in [6.07, 6.45) is 0. The molecule has 3 N–H and O–H groups in total. The summed E-state index contributed by atoms with van der Waals surface area (Å²) in [5, 5.41) is 13.8. The van der Waals surface area contributed by atoms with E-state index in [9.17, 15) is 9.18 Å². The molecule has 16 heavy (non-hydrogen) atoms. The van der Waals surface area contributed by atoms with E-state index in [0.29, 0.717) is 11.3 Å². The van der Waals surface area contributed by atoms with Crippen LogP contribution in [0, 0.1) is 12.7 Å². The van der Waals surface area contributed by atoms with Crippen molar-refractivity contribution < 1.29 is 14.3 Å². The molecule has 0 aromatic heterocycles. The second-order valence-corrected chi connectivity index (χ2v) is 3.65. The van der Waals surface area contributed by atoms with Crippen molar-refractivity contribution >= 4 is 11.7 Å². The standard InChI is InChI=1S/C11H15FN2O2/c1-7-5-9(3-4-10(7)12)14-11(16)13-8(2)6-15/h3-5,8,15H,6H2,1-2H3,(H2,13,14,16). The second kappa shape index (κ2) is 5.46. The van der Waals surface area contributed by atoms with Gasteiger partial charge in [-0.05, 0) is 37.6 Å². The zero-order valence-corrected chi connectivity index (χ0v) is 9.25.